The molecule has 0 aliphatic carbocycles. The van der Waals surface area contributed by atoms with Crippen molar-refractivity contribution in [2.75, 3.05) is 24.6 Å². The summed E-state index contributed by atoms with van der Waals surface area (Å²) in [5, 5.41) is 21.5. The molecule has 0 radical (unpaired) electrons. The van der Waals surface area contributed by atoms with Gasteiger partial charge in [0.25, 0.3) is 10.0 Å². The highest BCUT2D eigenvalue weighted by Gasteiger charge is 2.52. The number of imidazole rings is 1. The molecule has 12 heteroatoms. The van der Waals surface area contributed by atoms with Crippen LogP contribution in [0.3, 0.4) is 0 Å². The molecule has 37 heavy (non-hydrogen) atoms. The molecule has 2 aliphatic rings. The molecule has 198 valence electrons. The Balaban J connectivity index is 1.68. The van der Waals surface area contributed by atoms with Crippen LogP contribution in [0.4, 0.5) is 11.6 Å². The van der Waals surface area contributed by atoms with E-state index in [0.29, 0.717) is 40.9 Å². The Morgan fingerprint density at radius 1 is 1.11 bits per heavy atom. The Morgan fingerprint density at radius 2 is 1.73 bits per heavy atom. The second kappa shape index (κ2) is 10.1. The fraction of sp³-hybridized carbons (Fsp3) is 0.400. The van der Waals surface area contributed by atoms with Gasteiger partial charge >= 0.3 is 0 Å². The molecule has 2 aliphatic heterocycles. The summed E-state index contributed by atoms with van der Waals surface area (Å²) in [4.78, 5) is 6.38. The Labute approximate surface area is 234 Å². The van der Waals surface area contributed by atoms with E-state index in [9.17, 15) is 18.6 Å². The highest BCUT2D eigenvalue weighted by molar-refractivity contribution is 9.10. The smallest absolute Gasteiger partial charge is 0.260 e. The summed E-state index contributed by atoms with van der Waals surface area (Å²) < 4.78 is 31.9. The molecule has 0 bridgehead atoms. The van der Waals surface area contributed by atoms with Crippen molar-refractivity contribution >= 4 is 60.8 Å². The predicted octanol–water partition coefficient (Wildman–Crippen LogP) is 4.57. The van der Waals surface area contributed by atoms with Crippen LogP contribution in [-0.4, -0.2) is 64.3 Å². The van der Waals surface area contributed by atoms with Gasteiger partial charge in [0, 0.05) is 33.3 Å². The lowest BCUT2D eigenvalue weighted by molar-refractivity contribution is 0.112. The quantitative estimate of drug-likeness (QED) is 0.415. The number of piperidine rings is 1. The van der Waals surface area contributed by atoms with E-state index in [2.05, 4.69) is 20.9 Å². The van der Waals surface area contributed by atoms with Crippen molar-refractivity contribution in [1.29, 1.82) is 0 Å². The normalized spacial score (nSPS) is 23.0. The predicted molar refractivity (Wildman–Crippen MR) is 147 cm³/mol. The number of aliphatic hydroxyl groups excluding tert-OH is 2. The van der Waals surface area contributed by atoms with Crippen LogP contribution in [0.25, 0.3) is 0 Å². The van der Waals surface area contributed by atoms with E-state index in [1.54, 1.807) is 22.8 Å². The molecule has 1 aromatic heterocycles. The van der Waals surface area contributed by atoms with E-state index in [4.69, 9.17) is 23.2 Å². The molecular formula is C25H27BrCl2N4O4S. The highest BCUT2D eigenvalue weighted by atomic mass is 79.9. The van der Waals surface area contributed by atoms with Crippen molar-refractivity contribution in [2.45, 2.75) is 48.9 Å². The number of rotatable bonds is 6. The Morgan fingerprint density at radius 3 is 2.32 bits per heavy atom. The molecular weight excluding hydrogens is 603 g/mol. The zero-order valence-electron chi connectivity index (χ0n) is 20.1. The van der Waals surface area contributed by atoms with Crippen LogP contribution >= 0.6 is 39.1 Å². The molecule has 1 saturated heterocycles. The van der Waals surface area contributed by atoms with Gasteiger partial charge in [0.2, 0.25) is 5.95 Å². The van der Waals surface area contributed by atoms with Crippen molar-refractivity contribution in [3.8, 4) is 0 Å². The molecule has 0 spiro atoms. The first kappa shape index (κ1) is 26.9. The minimum atomic E-state index is -3.94. The van der Waals surface area contributed by atoms with E-state index < -0.39 is 27.7 Å². The Kier molecular flexibility index (Phi) is 7.38. The molecule has 1 unspecified atom stereocenters. The lowest BCUT2D eigenvalue weighted by Crippen LogP contribution is -2.49. The second-order valence-corrected chi connectivity index (χ2v) is 13.4. The van der Waals surface area contributed by atoms with Gasteiger partial charge in [0.1, 0.15) is 0 Å². The number of sulfonamides is 1. The molecule has 0 saturated carbocycles. The molecule has 0 amide bonds. The number of hydrogen-bond donors (Lipinski definition) is 2. The Bertz CT molecular complexity index is 1390. The minimum absolute atomic E-state index is 0.0487. The number of nitrogens with zero attached hydrogens (tertiary/aromatic N) is 4. The van der Waals surface area contributed by atoms with Gasteiger partial charge in [0.15, 0.2) is 5.03 Å². The number of aliphatic hydroxyl groups is 2. The first-order chi connectivity index (χ1) is 17.5. The third-order valence-corrected chi connectivity index (χ3v) is 10.1. The maximum atomic E-state index is 13.9. The van der Waals surface area contributed by atoms with Crippen LogP contribution in [0.5, 0.6) is 0 Å². The van der Waals surface area contributed by atoms with E-state index in [1.165, 1.54) is 10.5 Å². The van der Waals surface area contributed by atoms with Crippen molar-refractivity contribution < 1.29 is 18.6 Å². The zero-order chi connectivity index (χ0) is 26.5. The molecule has 3 aromatic rings. The molecule has 5 rings (SSSR count). The van der Waals surface area contributed by atoms with E-state index >= 15 is 0 Å². The minimum Gasteiger partial charge on any atom is -0.394 e. The summed E-state index contributed by atoms with van der Waals surface area (Å²) in [6.07, 6.45) is 2.06. The van der Waals surface area contributed by atoms with Crippen molar-refractivity contribution in [3.63, 3.8) is 0 Å². The van der Waals surface area contributed by atoms with Crippen LogP contribution in [0.15, 0.2) is 58.2 Å². The van der Waals surface area contributed by atoms with Crippen LogP contribution < -0.4 is 4.90 Å². The molecule has 1 fully saturated rings. The number of fused-ring (bicyclic) bond motifs is 1. The lowest BCUT2D eigenvalue weighted by atomic mass is 9.85. The lowest BCUT2D eigenvalue weighted by Gasteiger charge is -2.37. The van der Waals surface area contributed by atoms with Gasteiger partial charge in [-0.1, -0.05) is 51.3 Å². The summed E-state index contributed by atoms with van der Waals surface area (Å²) in [6, 6.07) is 12.3. The number of aromatic nitrogens is 2. The van der Waals surface area contributed by atoms with E-state index in [1.807, 2.05) is 36.1 Å². The number of anilines is 2. The topological polar surface area (TPSA) is 98.9 Å². The van der Waals surface area contributed by atoms with Crippen LogP contribution in [0, 0.1) is 0 Å². The monoisotopic (exact) mass is 628 g/mol. The third kappa shape index (κ3) is 4.82. The summed E-state index contributed by atoms with van der Waals surface area (Å²) in [6.45, 7) is 2.12. The van der Waals surface area contributed by atoms with E-state index in [0.717, 1.165) is 10.0 Å². The second-order valence-electron chi connectivity index (χ2n) is 9.72. The number of hydrogen-bond acceptors (Lipinski definition) is 6. The van der Waals surface area contributed by atoms with Gasteiger partial charge in [-0.05, 0) is 62.1 Å². The largest absolute Gasteiger partial charge is 0.394 e. The average Bonchev–Trinajstić information content (AvgIpc) is 3.38. The average molecular weight is 630 g/mol. The number of benzene rings is 2. The fourth-order valence-corrected chi connectivity index (χ4v) is 7.85. The van der Waals surface area contributed by atoms with Crippen molar-refractivity contribution in [1.82, 2.24) is 13.9 Å². The first-order valence-electron chi connectivity index (χ1n) is 11.9. The zero-order valence-corrected chi connectivity index (χ0v) is 24.0. The molecule has 3 heterocycles. The standard InChI is InChI=1S/C25H27BrCl2N4O4S/c1-25(13-16-2-4-17(26)5-3-16)22(15-33)31(20-11-18(27)10-19(28)12-20)24-29-14-23(32(24)25)37(35,36)30-8-6-21(34)7-9-30/h2-5,10-12,14,21-22,33-34H,6-9,13,15H2,1H3/t22?,25-/m1/s1. The van der Waals surface area contributed by atoms with Crippen molar-refractivity contribution in [2.24, 2.45) is 0 Å². The van der Waals surface area contributed by atoms with E-state index in [-0.39, 0.29) is 24.7 Å². The first-order valence-corrected chi connectivity index (χ1v) is 14.9. The molecule has 8 nitrogen and oxygen atoms in total. The van der Waals surface area contributed by atoms with Gasteiger partial charge < -0.3 is 15.1 Å². The van der Waals surface area contributed by atoms with Crippen LogP contribution in [-0.2, 0) is 22.0 Å². The Hall–Kier alpha value is -1.66. The SMILES string of the molecule is C[C@@]1(Cc2ccc(Br)cc2)C(CO)N(c2cc(Cl)cc(Cl)c2)c2ncc(S(=O)(=O)N3CCC(O)CC3)n21. The number of halogens is 3. The fourth-order valence-electron chi connectivity index (χ4n) is 5.40. The summed E-state index contributed by atoms with van der Waals surface area (Å²) in [5.41, 5.74) is 0.674. The maximum Gasteiger partial charge on any atom is 0.260 e. The highest BCUT2D eigenvalue weighted by Crippen LogP contribution is 2.48. The maximum absolute atomic E-state index is 13.9. The summed E-state index contributed by atoms with van der Waals surface area (Å²) in [7, 11) is -3.94. The van der Waals surface area contributed by atoms with Gasteiger partial charge in [-0.3, -0.25) is 4.57 Å². The van der Waals surface area contributed by atoms with Crippen molar-refractivity contribution in [3.05, 3.63) is 68.7 Å². The van der Waals surface area contributed by atoms with Gasteiger partial charge in [0.05, 0.1) is 30.5 Å². The van der Waals surface area contributed by atoms with Crippen LogP contribution in [0.1, 0.15) is 25.3 Å². The summed E-state index contributed by atoms with van der Waals surface area (Å²) in [5.74, 6) is 0.382. The van der Waals surface area contributed by atoms with Gasteiger partial charge in [-0.25, -0.2) is 13.4 Å². The summed E-state index contributed by atoms with van der Waals surface area (Å²) >= 11 is 16.1. The third-order valence-electron chi connectivity index (χ3n) is 7.27. The van der Waals surface area contributed by atoms with Gasteiger partial charge in [-0.2, -0.15) is 4.31 Å². The molecule has 2 aromatic carbocycles. The molecule has 2 N–H and O–H groups in total. The van der Waals surface area contributed by atoms with Crippen LogP contribution in [0.2, 0.25) is 10.0 Å². The molecule has 2 atom stereocenters. The van der Waals surface area contributed by atoms with Gasteiger partial charge in [-0.15, -0.1) is 0 Å².